The monoisotopic (exact) mass is 390 g/mol. The molecule has 0 saturated carbocycles. The first-order valence-corrected chi connectivity index (χ1v) is 9.78. The topological polar surface area (TPSA) is 72.2 Å². The zero-order chi connectivity index (χ0) is 15.4. The van der Waals surface area contributed by atoms with Gasteiger partial charge in [-0.1, -0.05) is 27.7 Å². The van der Waals surface area contributed by atoms with Crippen LogP contribution in [-0.4, -0.2) is 42.6 Å². The third-order valence-corrected chi connectivity index (χ3v) is 5.13. The molecule has 0 bridgehead atoms. The Morgan fingerprint density at radius 2 is 2.29 bits per heavy atom. The molecule has 1 aromatic carbocycles. The van der Waals surface area contributed by atoms with Gasteiger partial charge in [0.05, 0.1) is 16.8 Å². The summed E-state index contributed by atoms with van der Waals surface area (Å²) < 4.78 is 14.1. The Morgan fingerprint density at radius 3 is 2.95 bits per heavy atom. The van der Waals surface area contributed by atoms with E-state index in [-0.39, 0.29) is 5.75 Å². The predicted molar refractivity (Wildman–Crippen MR) is 89.3 cm³/mol. The number of rotatable bonds is 7. The van der Waals surface area contributed by atoms with Crippen LogP contribution in [0.2, 0.25) is 0 Å². The second-order valence-corrected chi connectivity index (χ2v) is 7.91. The minimum absolute atomic E-state index is 0.0236. The van der Waals surface area contributed by atoms with Gasteiger partial charge in [0.25, 0.3) is 0 Å². The van der Waals surface area contributed by atoms with Crippen molar-refractivity contribution in [3.05, 3.63) is 22.7 Å². The summed E-state index contributed by atoms with van der Waals surface area (Å²) in [5.74, 6) is -0.266. The Bertz CT molecular complexity index is 687. The molecule has 8 heteroatoms. The SMILES string of the molecule is CS(=O)CCCn1c(SCC(=O)O)nc2cc(Br)ccc21. The van der Waals surface area contributed by atoms with Crippen molar-refractivity contribution < 1.29 is 14.1 Å². The van der Waals surface area contributed by atoms with Crippen molar-refractivity contribution in [3.63, 3.8) is 0 Å². The number of aromatic nitrogens is 2. The average molecular weight is 391 g/mol. The molecule has 0 radical (unpaired) electrons. The van der Waals surface area contributed by atoms with E-state index in [1.54, 1.807) is 6.26 Å². The average Bonchev–Trinajstić information content (AvgIpc) is 2.73. The molecule has 0 aliphatic rings. The van der Waals surface area contributed by atoms with Crippen LogP contribution in [0, 0.1) is 0 Å². The molecular weight excluding hydrogens is 376 g/mol. The first-order valence-electron chi connectivity index (χ1n) is 6.28. The van der Waals surface area contributed by atoms with Crippen molar-refractivity contribution in [2.45, 2.75) is 18.1 Å². The Balaban J connectivity index is 2.29. The lowest BCUT2D eigenvalue weighted by molar-refractivity contribution is -0.133. The molecule has 5 nitrogen and oxygen atoms in total. The first-order chi connectivity index (χ1) is 9.97. The molecule has 1 aromatic heterocycles. The quantitative estimate of drug-likeness (QED) is 0.735. The van der Waals surface area contributed by atoms with Crippen molar-refractivity contribution in [2.75, 3.05) is 17.8 Å². The highest BCUT2D eigenvalue weighted by molar-refractivity contribution is 9.10. The van der Waals surface area contributed by atoms with Gasteiger partial charge in [-0.05, 0) is 24.6 Å². The standard InChI is InChI=1S/C13H15BrN2O3S2/c1-21(19)6-2-5-16-11-4-3-9(14)7-10(11)15-13(16)20-8-12(17)18/h3-4,7H,2,5-6,8H2,1H3,(H,17,18). The van der Waals surface area contributed by atoms with Gasteiger partial charge < -0.3 is 9.67 Å². The van der Waals surface area contributed by atoms with Gasteiger partial charge in [0.1, 0.15) is 0 Å². The summed E-state index contributed by atoms with van der Waals surface area (Å²) in [6, 6.07) is 5.80. The lowest BCUT2D eigenvalue weighted by Gasteiger charge is -2.07. The maximum atomic E-state index is 11.2. The largest absolute Gasteiger partial charge is 0.481 e. The van der Waals surface area contributed by atoms with Gasteiger partial charge in [-0.3, -0.25) is 9.00 Å². The Kier molecular flexibility index (Phi) is 5.83. The predicted octanol–water partition coefficient (Wildman–Crippen LogP) is 2.74. The molecule has 21 heavy (non-hydrogen) atoms. The number of hydrogen-bond donors (Lipinski definition) is 1. The summed E-state index contributed by atoms with van der Waals surface area (Å²) in [6.45, 7) is 0.680. The second-order valence-electron chi connectivity index (χ2n) is 4.49. The van der Waals surface area contributed by atoms with Crippen molar-refractivity contribution in [2.24, 2.45) is 0 Å². The number of aliphatic carboxylic acids is 1. The molecule has 1 atom stereocenters. The first kappa shape index (κ1) is 16.5. The van der Waals surface area contributed by atoms with E-state index in [1.165, 1.54) is 11.8 Å². The summed E-state index contributed by atoms with van der Waals surface area (Å²) in [7, 11) is -0.824. The van der Waals surface area contributed by atoms with E-state index in [2.05, 4.69) is 20.9 Å². The number of halogens is 1. The van der Waals surface area contributed by atoms with Crippen molar-refractivity contribution in [3.8, 4) is 0 Å². The number of carboxylic acid groups (broad SMARTS) is 1. The fourth-order valence-corrected chi connectivity index (χ4v) is 3.60. The summed E-state index contributed by atoms with van der Waals surface area (Å²) in [6.07, 6.45) is 2.45. The van der Waals surface area contributed by atoms with Gasteiger partial charge in [0.15, 0.2) is 5.16 Å². The summed E-state index contributed by atoms with van der Waals surface area (Å²) in [5, 5.41) is 9.52. The van der Waals surface area contributed by atoms with Crippen LogP contribution >= 0.6 is 27.7 Å². The van der Waals surface area contributed by atoms with Gasteiger partial charge in [0.2, 0.25) is 0 Å². The molecule has 2 aromatic rings. The number of hydrogen-bond acceptors (Lipinski definition) is 4. The normalized spacial score (nSPS) is 12.7. The van der Waals surface area contributed by atoms with E-state index in [9.17, 15) is 9.00 Å². The number of aryl methyl sites for hydroxylation is 1. The van der Waals surface area contributed by atoms with Crippen molar-refractivity contribution in [1.82, 2.24) is 9.55 Å². The summed E-state index contributed by atoms with van der Waals surface area (Å²) >= 11 is 4.62. The number of nitrogens with zero attached hydrogens (tertiary/aromatic N) is 2. The van der Waals surface area contributed by atoms with Gasteiger partial charge >= 0.3 is 5.97 Å². The lowest BCUT2D eigenvalue weighted by atomic mass is 10.3. The molecule has 0 amide bonds. The highest BCUT2D eigenvalue weighted by atomic mass is 79.9. The van der Waals surface area contributed by atoms with E-state index < -0.39 is 16.8 Å². The van der Waals surface area contributed by atoms with Gasteiger partial charge in [0, 0.05) is 33.8 Å². The maximum absolute atomic E-state index is 11.2. The number of fused-ring (bicyclic) bond motifs is 1. The third-order valence-electron chi connectivity index (χ3n) is 2.81. The van der Waals surface area contributed by atoms with Crippen molar-refractivity contribution in [1.29, 1.82) is 0 Å². The van der Waals surface area contributed by atoms with Crippen LogP contribution in [0.25, 0.3) is 11.0 Å². The molecule has 0 spiro atoms. The molecule has 0 aliphatic heterocycles. The summed E-state index contributed by atoms with van der Waals surface area (Å²) in [4.78, 5) is 15.3. The van der Waals surface area contributed by atoms with Crippen molar-refractivity contribution >= 4 is 55.5 Å². The second kappa shape index (κ2) is 7.42. The molecule has 0 fully saturated rings. The molecular formula is C13H15BrN2O3S2. The smallest absolute Gasteiger partial charge is 0.313 e. The zero-order valence-corrected chi connectivity index (χ0v) is 14.6. The molecule has 2 rings (SSSR count). The van der Waals surface area contributed by atoms with Crippen LogP contribution in [0.4, 0.5) is 0 Å². The Morgan fingerprint density at radius 1 is 1.52 bits per heavy atom. The third kappa shape index (κ3) is 4.55. The van der Waals surface area contributed by atoms with E-state index >= 15 is 0 Å². The zero-order valence-electron chi connectivity index (χ0n) is 11.4. The van der Waals surface area contributed by atoms with Crippen LogP contribution < -0.4 is 0 Å². The fourth-order valence-electron chi connectivity index (χ4n) is 1.96. The molecule has 1 heterocycles. The minimum Gasteiger partial charge on any atom is -0.481 e. The van der Waals surface area contributed by atoms with Crippen LogP contribution in [0.3, 0.4) is 0 Å². The number of carbonyl (C=O) groups is 1. The lowest BCUT2D eigenvalue weighted by Crippen LogP contribution is -2.06. The number of carboxylic acids is 1. The van der Waals surface area contributed by atoms with E-state index in [0.717, 1.165) is 21.9 Å². The molecule has 114 valence electrons. The number of benzene rings is 1. The van der Waals surface area contributed by atoms with E-state index in [0.29, 0.717) is 17.5 Å². The van der Waals surface area contributed by atoms with Crippen LogP contribution in [0.15, 0.2) is 27.8 Å². The highest BCUT2D eigenvalue weighted by Gasteiger charge is 2.13. The molecule has 0 saturated heterocycles. The van der Waals surface area contributed by atoms with E-state index in [4.69, 9.17) is 5.11 Å². The van der Waals surface area contributed by atoms with Crippen LogP contribution in [-0.2, 0) is 22.1 Å². The maximum Gasteiger partial charge on any atom is 0.313 e. The summed E-state index contributed by atoms with van der Waals surface area (Å²) in [5.41, 5.74) is 1.79. The molecule has 0 aliphatic carbocycles. The van der Waals surface area contributed by atoms with Crippen LogP contribution in [0.1, 0.15) is 6.42 Å². The van der Waals surface area contributed by atoms with Gasteiger partial charge in [-0.15, -0.1) is 0 Å². The van der Waals surface area contributed by atoms with Gasteiger partial charge in [-0.2, -0.15) is 0 Å². The number of imidazole rings is 1. The Hall–Kier alpha value is -0.860. The van der Waals surface area contributed by atoms with Crippen LogP contribution in [0.5, 0.6) is 0 Å². The molecule has 1 unspecified atom stereocenters. The minimum atomic E-state index is -0.866. The molecule has 1 N–H and O–H groups in total. The van der Waals surface area contributed by atoms with E-state index in [1.807, 2.05) is 22.8 Å². The number of thioether (sulfide) groups is 1. The van der Waals surface area contributed by atoms with Gasteiger partial charge in [-0.25, -0.2) is 4.98 Å². The Labute approximate surface area is 137 Å². The fraction of sp³-hybridized carbons (Fsp3) is 0.385. The highest BCUT2D eigenvalue weighted by Crippen LogP contribution is 2.26.